The number of sulfonamides is 1. The average molecular weight is 428 g/mol. The molecule has 0 unspecified atom stereocenters. The third kappa shape index (κ3) is 4.80. The van der Waals surface area contributed by atoms with Crippen LogP contribution in [0.15, 0.2) is 65.6 Å². The molecule has 0 aliphatic carbocycles. The average Bonchev–Trinajstić information content (AvgIpc) is 2.73. The maximum absolute atomic E-state index is 13.3. The molecule has 0 aliphatic heterocycles. The van der Waals surface area contributed by atoms with Gasteiger partial charge in [0.1, 0.15) is 5.75 Å². The predicted molar refractivity (Wildman–Crippen MR) is 116 cm³/mol. The van der Waals surface area contributed by atoms with Crippen LogP contribution in [0.2, 0.25) is 0 Å². The summed E-state index contributed by atoms with van der Waals surface area (Å²) >= 11 is 0. The van der Waals surface area contributed by atoms with E-state index in [1.807, 2.05) is 43.3 Å². The zero-order valence-electron chi connectivity index (χ0n) is 17.2. The molecule has 0 aromatic heterocycles. The van der Waals surface area contributed by atoms with E-state index in [2.05, 4.69) is 4.72 Å². The molecule has 3 aromatic rings. The summed E-state index contributed by atoms with van der Waals surface area (Å²) in [5.41, 5.74) is 1.73. The lowest BCUT2D eigenvalue weighted by molar-refractivity contribution is -0.143. The van der Waals surface area contributed by atoms with E-state index >= 15 is 0 Å². The van der Waals surface area contributed by atoms with E-state index in [1.165, 1.54) is 6.07 Å². The molecule has 3 rings (SSSR count). The zero-order chi connectivity index (χ0) is 21.7. The van der Waals surface area contributed by atoms with Gasteiger partial charge in [-0.15, -0.1) is 0 Å². The molecule has 0 bridgehead atoms. The number of fused-ring (bicyclic) bond motifs is 1. The van der Waals surface area contributed by atoms with Gasteiger partial charge in [-0.05, 0) is 31.5 Å². The highest BCUT2D eigenvalue weighted by Gasteiger charge is 2.26. The Kier molecular flexibility index (Phi) is 6.74. The lowest BCUT2D eigenvalue weighted by atomic mass is 10.0. The Morgan fingerprint density at radius 2 is 1.67 bits per heavy atom. The molecular weight excluding hydrogens is 402 g/mol. The molecule has 0 amide bonds. The maximum atomic E-state index is 13.3. The number of hydrogen-bond donors (Lipinski definition) is 1. The van der Waals surface area contributed by atoms with Gasteiger partial charge in [-0.1, -0.05) is 54.1 Å². The Labute approximate surface area is 176 Å². The van der Waals surface area contributed by atoms with Crippen molar-refractivity contribution in [3.05, 3.63) is 71.8 Å². The molecule has 1 atom stereocenters. The standard InChI is InChI=1S/C23H25NO5S/c1-4-29-23(25)15-20(17-11-9-16(2)10-12-17)24-30(26,27)22-14-13-21(28-3)18-7-5-6-8-19(18)22/h5-14,20,24H,4,15H2,1-3H3/t20-/m0/s1. The number of rotatable bonds is 8. The van der Waals surface area contributed by atoms with Crippen molar-refractivity contribution in [3.8, 4) is 5.75 Å². The van der Waals surface area contributed by atoms with Gasteiger partial charge >= 0.3 is 5.97 Å². The predicted octanol–water partition coefficient (Wildman–Crippen LogP) is 4.13. The van der Waals surface area contributed by atoms with Gasteiger partial charge in [0.05, 0.1) is 31.1 Å². The van der Waals surface area contributed by atoms with Crippen molar-refractivity contribution >= 4 is 26.8 Å². The van der Waals surface area contributed by atoms with E-state index in [1.54, 1.807) is 32.2 Å². The van der Waals surface area contributed by atoms with E-state index in [4.69, 9.17) is 9.47 Å². The van der Waals surface area contributed by atoms with Crippen molar-refractivity contribution in [2.45, 2.75) is 31.2 Å². The molecule has 3 aromatic carbocycles. The highest BCUT2D eigenvalue weighted by atomic mass is 32.2. The molecule has 7 heteroatoms. The monoisotopic (exact) mass is 427 g/mol. The number of esters is 1. The van der Waals surface area contributed by atoms with E-state index in [-0.39, 0.29) is 17.9 Å². The number of methoxy groups -OCH3 is 1. The van der Waals surface area contributed by atoms with Crippen molar-refractivity contribution < 1.29 is 22.7 Å². The van der Waals surface area contributed by atoms with Crippen LogP contribution in [-0.4, -0.2) is 28.1 Å². The lowest BCUT2D eigenvalue weighted by Gasteiger charge is -2.20. The number of ether oxygens (including phenoxy) is 2. The van der Waals surface area contributed by atoms with E-state index in [0.717, 1.165) is 5.56 Å². The topological polar surface area (TPSA) is 81.7 Å². The molecule has 0 saturated heterocycles. The molecule has 0 spiro atoms. The van der Waals surface area contributed by atoms with Crippen molar-refractivity contribution in [2.24, 2.45) is 0 Å². The quantitative estimate of drug-likeness (QED) is 0.547. The number of nitrogens with one attached hydrogen (secondary N) is 1. The number of carbonyl (C=O) groups is 1. The normalized spacial score (nSPS) is 12.5. The Morgan fingerprint density at radius 1 is 1.00 bits per heavy atom. The summed E-state index contributed by atoms with van der Waals surface area (Å²) in [6.45, 7) is 3.89. The minimum absolute atomic E-state index is 0.107. The van der Waals surface area contributed by atoms with E-state index < -0.39 is 22.0 Å². The first kappa shape index (κ1) is 21.8. The summed E-state index contributed by atoms with van der Waals surface area (Å²) in [4.78, 5) is 12.3. The Balaban J connectivity index is 2.02. The first-order valence-corrected chi connectivity index (χ1v) is 11.1. The van der Waals surface area contributed by atoms with Gasteiger partial charge in [-0.25, -0.2) is 13.1 Å². The van der Waals surface area contributed by atoms with Gasteiger partial charge in [0.2, 0.25) is 10.0 Å². The molecule has 0 aliphatic rings. The van der Waals surface area contributed by atoms with Crippen molar-refractivity contribution in [1.29, 1.82) is 0 Å². The molecule has 0 radical (unpaired) electrons. The van der Waals surface area contributed by atoms with Crippen LogP contribution in [0, 0.1) is 6.92 Å². The smallest absolute Gasteiger partial charge is 0.307 e. The summed E-state index contributed by atoms with van der Waals surface area (Å²) in [7, 11) is -2.40. The van der Waals surface area contributed by atoms with Gasteiger partial charge in [0.15, 0.2) is 0 Å². The Bertz CT molecular complexity index is 1140. The molecule has 6 nitrogen and oxygen atoms in total. The van der Waals surface area contributed by atoms with Crippen LogP contribution in [-0.2, 0) is 19.6 Å². The van der Waals surface area contributed by atoms with Crippen molar-refractivity contribution in [1.82, 2.24) is 4.72 Å². The highest BCUT2D eigenvalue weighted by Crippen LogP contribution is 2.32. The summed E-state index contributed by atoms with van der Waals surface area (Å²) in [5, 5.41) is 1.24. The Hall–Kier alpha value is -2.90. The van der Waals surface area contributed by atoms with Crippen LogP contribution in [0.25, 0.3) is 10.8 Å². The fraction of sp³-hybridized carbons (Fsp3) is 0.261. The van der Waals surface area contributed by atoms with Crippen LogP contribution in [0.5, 0.6) is 5.75 Å². The van der Waals surface area contributed by atoms with Crippen LogP contribution < -0.4 is 9.46 Å². The maximum Gasteiger partial charge on any atom is 0.307 e. The number of hydrogen-bond acceptors (Lipinski definition) is 5. The summed E-state index contributed by atoms with van der Waals surface area (Å²) in [6, 6.07) is 16.9. The molecule has 0 saturated carbocycles. The van der Waals surface area contributed by atoms with Gasteiger partial charge in [-0.3, -0.25) is 4.79 Å². The third-order valence-corrected chi connectivity index (χ3v) is 6.34. The molecular formula is C23H25NO5S. The van der Waals surface area contributed by atoms with Crippen LogP contribution >= 0.6 is 0 Å². The fourth-order valence-electron chi connectivity index (χ4n) is 3.32. The molecule has 158 valence electrons. The third-order valence-electron chi connectivity index (χ3n) is 4.81. The van der Waals surface area contributed by atoms with Crippen molar-refractivity contribution in [3.63, 3.8) is 0 Å². The summed E-state index contributed by atoms with van der Waals surface area (Å²) in [6.07, 6.45) is -0.107. The SMILES string of the molecule is CCOC(=O)C[C@H](NS(=O)(=O)c1ccc(OC)c2ccccc12)c1ccc(C)cc1. The second-order valence-corrected chi connectivity index (χ2v) is 8.59. The zero-order valence-corrected chi connectivity index (χ0v) is 18.0. The van der Waals surface area contributed by atoms with Gasteiger partial charge in [0.25, 0.3) is 0 Å². The minimum atomic E-state index is -3.94. The first-order chi connectivity index (χ1) is 14.4. The molecule has 30 heavy (non-hydrogen) atoms. The van der Waals surface area contributed by atoms with Crippen LogP contribution in [0.4, 0.5) is 0 Å². The first-order valence-electron chi connectivity index (χ1n) is 9.66. The van der Waals surface area contributed by atoms with Crippen LogP contribution in [0.1, 0.15) is 30.5 Å². The minimum Gasteiger partial charge on any atom is -0.496 e. The van der Waals surface area contributed by atoms with E-state index in [0.29, 0.717) is 22.1 Å². The van der Waals surface area contributed by atoms with E-state index in [9.17, 15) is 13.2 Å². The van der Waals surface area contributed by atoms with Crippen LogP contribution in [0.3, 0.4) is 0 Å². The largest absolute Gasteiger partial charge is 0.496 e. The Morgan fingerprint density at radius 3 is 2.30 bits per heavy atom. The second-order valence-electron chi connectivity index (χ2n) is 6.91. The molecule has 1 N–H and O–H groups in total. The lowest BCUT2D eigenvalue weighted by Crippen LogP contribution is -2.31. The van der Waals surface area contributed by atoms with Crippen molar-refractivity contribution in [2.75, 3.05) is 13.7 Å². The number of carbonyl (C=O) groups excluding carboxylic acids is 1. The van der Waals surface area contributed by atoms with Gasteiger partial charge in [0, 0.05) is 10.8 Å². The highest BCUT2D eigenvalue weighted by molar-refractivity contribution is 7.89. The second kappa shape index (κ2) is 9.28. The fourth-order valence-corrected chi connectivity index (χ4v) is 4.76. The molecule has 0 heterocycles. The van der Waals surface area contributed by atoms with Gasteiger partial charge in [-0.2, -0.15) is 0 Å². The number of aryl methyl sites for hydroxylation is 1. The summed E-state index contributed by atoms with van der Waals surface area (Å²) < 4.78 is 39.8. The molecule has 0 fully saturated rings. The number of benzene rings is 3. The summed E-state index contributed by atoms with van der Waals surface area (Å²) in [5.74, 6) is 0.122. The van der Waals surface area contributed by atoms with Gasteiger partial charge < -0.3 is 9.47 Å².